The standard InChI is InChI=1S/C14H17N3OS/c1-8(2)10-4-6-11(7-5-10)16-14-17-13(15)12(19-14)9(3)18/h4-8H,15H2,1-3H3,(H,16,17). The average Bonchev–Trinajstić information content (AvgIpc) is 2.71. The first-order valence-corrected chi connectivity index (χ1v) is 6.93. The van der Waals surface area contributed by atoms with Crippen LogP contribution in [0.5, 0.6) is 0 Å². The van der Waals surface area contributed by atoms with Crippen molar-refractivity contribution in [3.63, 3.8) is 0 Å². The van der Waals surface area contributed by atoms with E-state index in [2.05, 4.69) is 36.3 Å². The predicted molar refractivity (Wildman–Crippen MR) is 80.3 cm³/mol. The molecule has 0 atom stereocenters. The SMILES string of the molecule is CC(=O)c1sc(Nc2ccc(C(C)C)cc2)nc1N. The number of hydrogen-bond donors (Lipinski definition) is 2. The molecule has 2 aromatic rings. The monoisotopic (exact) mass is 275 g/mol. The fourth-order valence-corrected chi connectivity index (χ4v) is 2.51. The van der Waals surface area contributed by atoms with E-state index in [9.17, 15) is 4.79 Å². The molecular weight excluding hydrogens is 258 g/mol. The molecule has 5 heteroatoms. The van der Waals surface area contributed by atoms with E-state index < -0.39 is 0 Å². The van der Waals surface area contributed by atoms with Crippen LogP contribution in [0.2, 0.25) is 0 Å². The number of carbonyl (C=O) groups excluding carboxylic acids is 1. The Bertz CT molecular complexity index is 587. The number of nitrogens with zero attached hydrogens (tertiary/aromatic N) is 1. The van der Waals surface area contributed by atoms with Gasteiger partial charge in [0.05, 0.1) is 0 Å². The molecular formula is C14H17N3OS. The Balaban J connectivity index is 2.17. The van der Waals surface area contributed by atoms with Crippen LogP contribution >= 0.6 is 11.3 Å². The Kier molecular flexibility index (Phi) is 3.85. The van der Waals surface area contributed by atoms with Gasteiger partial charge in [-0.25, -0.2) is 4.98 Å². The van der Waals surface area contributed by atoms with Gasteiger partial charge in [-0.1, -0.05) is 37.3 Å². The number of hydrogen-bond acceptors (Lipinski definition) is 5. The highest BCUT2D eigenvalue weighted by Crippen LogP contribution is 2.28. The molecule has 0 aliphatic heterocycles. The number of nitrogens with one attached hydrogen (secondary N) is 1. The summed E-state index contributed by atoms with van der Waals surface area (Å²) in [6, 6.07) is 8.16. The minimum Gasteiger partial charge on any atom is -0.382 e. The van der Waals surface area contributed by atoms with Gasteiger partial charge in [-0.2, -0.15) is 0 Å². The van der Waals surface area contributed by atoms with Crippen molar-refractivity contribution < 1.29 is 4.79 Å². The van der Waals surface area contributed by atoms with Gasteiger partial charge in [0.2, 0.25) is 0 Å². The Labute approximate surface area is 116 Å². The molecule has 0 amide bonds. The van der Waals surface area contributed by atoms with Crippen LogP contribution in [0.4, 0.5) is 16.6 Å². The molecule has 1 aromatic carbocycles. The number of thiazole rings is 1. The van der Waals surface area contributed by atoms with Gasteiger partial charge in [0, 0.05) is 12.6 Å². The molecule has 4 nitrogen and oxygen atoms in total. The topological polar surface area (TPSA) is 68.0 Å². The van der Waals surface area contributed by atoms with Crippen LogP contribution in [-0.2, 0) is 0 Å². The normalized spacial score (nSPS) is 10.7. The second kappa shape index (κ2) is 5.40. The van der Waals surface area contributed by atoms with Crippen molar-refractivity contribution >= 4 is 33.8 Å². The van der Waals surface area contributed by atoms with Crippen molar-refractivity contribution in [2.75, 3.05) is 11.1 Å². The molecule has 0 radical (unpaired) electrons. The van der Waals surface area contributed by atoms with Crippen LogP contribution in [0.25, 0.3) is 0 Å². The highest BCUT2D eigenvalue weighted by Gasteiger charge is 2.12. The van der Waals surface area contributed by atoms with E-state index in [1.807, 2.05) is 12.1 Å². The van der Waals surface area contributed by atoms with Gasteiger partial charge < -0.3 is 11.1 Å². The third kappa shape index (κ3) is 3.12. The smallest absolute Gasteiger partial charge is 0.189 e. The van der Waals surface area contributed by atoms with Gasteiger partial charge in [-0.3, -0.25) is 4.79 Å². The van der Waals surface area contributed by atoms with Gasteiger partial charge in [0.1, 0.15) is 10.7 Å². The van der Waals surface area contributed by atoms with Crippen molar-refractivity contribution in [2.45, 2.75) is 26.7 Å². The van der Waals surface area contributed by atoms with E-state index in [1.54, 1.807) is 0 Å². The Morgan fingerprint density at radius 3 is 2.42 bits per heavy atom. The van der Waals surface area contributed by atoms with Crippen molar-refractivity contribution in [1.29, 1.82) is 0 Å². The number of aromatic nitrogens is 1. The Hall–Kier alpha value is -1.88. The molecule has 1 heterocycles. The number of rotatable bonds is 4. The first kappa shape index (κ1) is 13.5. The lowest BCUT2D eigenvalue weighted by Gasteiger charge is -2.07. The van der Waals surface area contributed by atoms with E-state index in [0.717, 1.165) is 5.69 Å². The number of ketones is 1. The van der Waals surface area contributed by atoms with Gasteiger partial charge in [-0.05, 0) is 23.6 Å². The van der Waals surface area contributed by atoms with E-state index in [0.29, 0.717) is 21.7 Å². The minimum atomic E-state index is -0.0572. The van der Waals surface area contributed by atoms with Gasteiger partial charge in [0.25, 0.3) is 0 Å². The molecule has 0 saturated carbocycles. The van der Waals surface area contributed by atoms with Crippen molar-refractivity contribution in [2.24, 2.45) is 0 Å². The summed E-state index contributed by atoms with van der Waals surface area (Å²) in [7, 11) is 0. The lowest BCUT2D eigenvalue weighted by molar-refractivity contribution is 0.102. The molecule has 0 aliphatic rings. The molecule has 0 spiro atoms. The second-order valence-electron chi connectivity index (χ2n) is 4.69. The van der Waals surface area contributed by atoms with Gasteiger partial charge >= 0.3 is 0 Å². The highest BCUT2D eigenvalue weighted by molar-refractivity contribution is 7.18. The molecule has 100 valence electrons. The van der Waals surface area contributed by atoms with Crippen LogP contribution in [0, 0.1) is 0 Å². The molecule has 2 rings (SSSR count). The molecule has 3 N–H and O–H groups in total. The fraction of sp³-hybridized carbons (Fsp3) is 0.286. The third-order valence-electron chi connectivity index (χ3n) is 2.80. The lowest BCUT2D eigenvalue weighted by Crippen LogP contribution is -1.95. The Morgan fingerprint density at radius 2 is 1.95 bits per heavy atom. The summed E-state index contributed by atoms with van der Waals surface area (Å²) in [5.74, 6) is 0.742. The number of nitrogen functional groups attached to an aromatic ring is 1. The summed E-state index contributed by atoms with van der Waals surface area (Å²) in [5, 5.41) is 3.80. The summed E-state index contributed by atoms with van der Waals surface area (Å²) in [4.78, 5) is 16.0. The zero-order chi connectivity index (χ0) is 14.0. The maximum Gasteiger partial charge on any atom is 0.189 e. The molecule has 0 unspecified atom stereocenters. The third-order valence-corrected chi connectivity index (χ3v) is 3.89. The number of carbonyl (C=O) groups is 1. The molecule has 0 bridgehead atoms. The van der Waals surface area contributed by atoms with Crippen LogP contribution in [0.3, 0.4) is 0 Å². The molecule has 1 aromatic heterocycles. The summed E-state index contributed by atoms with van der Waals surface area (Å²) < 4.78 is 0. The lowest BCUT2D eigenvalue weighted by atomic mass is 10.0. The summed E-state index contributed by atoms with van der Waals surface area (Å²) in [5.41, 5.74) is 7.92. The quantitative estimate of drug-likeness (QED) is 0.833. The zero-order valence-electron chi connectivity index (χ0n) is 11.2. The van der Waals surface area contributed by atoms with Crippen molar-refractivity contribution in [3.05, 3.63) is 34.7 Å². The zero-order valence-corrected chi connectivity index (χ0v) is 12.0. The first-order chi connectivity index (χ1) is 8.97. The summed E-state index contributed by atoms with van der Waals surface area (Å²) >= 11 is 1.28. The summed E-state index contributed by atoms with van der Waals surface area (Å²) in [6.07, 6.45) is 0. The van der Waals surface area contributed by atoms with Crippen molar-refractivity contribution in [3.8, 4) is 0 Å². The molecule has 19 heavy (non-hydrogen) atoms. The van der Waals surface area contributed by atoms with Gasteiger partial charge in [0.15, 0.2) is 10.9 Å². The fourth-order valence-electron chi connectivity index (χ4n) is 1.71. The van der Waals surface area contributed by atoms with E-state index in [4.69, 9.17) is 5.73 Å². The Morgan fingerprint density at radius 1 is 1.32 bits per heavy atom. The van der Waals surface area contributed by atoms with E-state index in [1.165, 1.54) is 23.8 Å². The molecule has 0 saturated heterocycles. The van der Waals surface area contributed by atoms with Gasteiger partial charge in [-0.15, -0.1) is 0 Å². The first-order valence-electron chi connectivity index (χ1n) is 6.11. The number of nitrogens with two attached hydrogens (primary N) is 1. The largest absolute Gasteiger partial charge is 0.382 e. The number of Topliss-reactive ketones (excluding diaryl/α,β-unsaturated/α-hetero) is 1. The van der Waals surface area contributed by atoms with Crippen LogP contribution < -0.4 is 11.1 Å². The average molecular weight is 275 g/mol. The van der Waals surface area contributed by atoms with E-state index >= 15 is 0 Å². The predicted octanol–water partition coefficient (Wildman–Crippen LogP) is 3.79. The van der Waals surface area contributed by atoms with Crippen LogP contribution in [0.1, 0.15) is 41.9 Å². The van der Waals surface area contributed by atoms with E-state index in [-0.39, 0.29) is 5.78 Å². The molecule has 0 aliphatic carbocycles. The van der Waals surface area contributed by atoms with Crippen molar-refractivity contribution in [1.82, 2.24) is 4.98 Å². The number of benzene rings is 1. The minimum absolute atomic E-state index is 0.0572. The van der Waals surface area contributed by atoms with Crippen LogP contribution in [-0.4, -0.2) is 10.8 Å². The maximum absolute atomic E-state index is 11.3. The second-order valence-corrected chi connectivity index (χ2v) is 5.69. The van der Waals surface area contributed by atoms with Crippen LogP contribution in [0.15, 0.2) is 24.3 Å². The number of anilines is 3. The highest BCUT2D eigenvalue weighted by atomic mass is 32.1. The summed E-state index contributed by atoms with van der Waals surface area (Å²) in [6.45, 7) is 5.80. The maximum atomic E-state index is 11.3. The molecule has 0 fully saturated rings.